The Morgan fingerprint density at radius 1 is 1.33 bits per heavy atom. The van der Waals surface area contributed by atoms with Crippen molar-refractivity contribution in [1.82, 2.24) is 0 Å². The van der Waals surface area contributed by atoms with Gasteiger partial charge >= 0.3 is 8.25 Å². The Morgan fingerprint density at radius 3 is 2.47 bits per heavy atom. The summed E-state index contributed by atoms with van der Waals surface area (Å²) in [5.41, 5.74) is 4.80. The average Bonchev–Trinajstić information content (AvgIpc) is 2.18. The highest BCUT2D eigenvalue weighted by Gasteiger charge is 2.33. The van der Waals surface area contributed by atoms with Crippen molar-refractivity contribution < 1.29 is 13.6 Å². The highest BCUT2D eigenvalue weighted by atomic mass is 31.1. The summed E-state index contributed by atoms with van der Waals surface area (Å²) in [6.07, 6.45) is 0. The first kappa shape index (κ1) is 12.1. The maximum Gasteiger partial charge on any atom is 0.750 e. The quantitative estimate of drug-likeness (QED) is 0.786. The Kier molecular flexibility index (Phi) is 4.21. The molecule has 0 saturated carbocycles. The van der Waals surface area contributed by atoms with Crippen molar-refractivity contribution in [2.75, 3.05) is 6.54 Å². The largest absolute Gasteiger partial charge is 0.750 e. The number of nitrogens with two attached hydrogens (primary N) is 1. The van der Waals surface area contributed by atoms with E-state index in [0.717, 1.165) is 0 Å². The molecule has 1 unspecified atom stereocenters. The predicted molar refractivity (Wildman–Crippen MR) is 58.9 cm³/mol. The molecule has 0 aliphatic heterocycles. The summed E-state index contributed by atoms with van der Waals surface area (Å²) >= 11 is 0. The molecule has 0 fully saturated rings. The average molecular weight is 228 g/mol. The fourth-order valence-corrected chi connectivity index (χ4v) is 1.63. The van der Waals surface area contributed by atoms with Crippen LogP contribution in [0.1, 0.15) is 13.8 Å². The predicted octanol–water partition coefficient (Wildman–Crippen LogP) is 2.48. The van der Waals surface area contributed by atoms with Gasteiger partial charge in [0.05, 0.1) is 0 Å². The lowest BCUT2D eigenvalue weighted by Crippen LogP contribution is -2.32. The standard InChI is InChI=1S/C10H15NO3P/c1-10(2,8-11)14-15(12)13-9-6-4-3-5-7-9/h3-7H,8,11H2,1-2H3/q+1. The van der Waals surface area contributed by atoms with Crippen LogP contribution < -0.4 is 10.3 Å². The Labute approximate surface area is 90.3 Å². The van der Waals surface area contributed by atoms with Crippen molar-refractivity contribution in [3.05, 3.63) is 30.3 Å². The molecule has 15 heavy (non-hydrogen) atoms. The van der Waals surface area contributed by atoms with Gasteiger partial charge in [-0.05, 0) is 26.0 Å². The minimum Gasteiger partial charge on any atom is -0.328 e. The van der Waals surface area contributed by atoms with E-state index < -0.39 is 13.9 Å². The van der Waals surface area contributed by atoms with Crippen LogP contribution in [0.5, 0.6) is 5.75 Å². The summed E-state index contributed by atoms with van der Waals surface area (Å²) in [5.74, 6) is 0.520. The molecule has 1 rings (SSSR count). The molecular weight excluding hydrogens is 213 g/mol. The molecule has 0 aliphatic carbocycles. The van der Waals surface area contributed by atoms with Crippen LogP contribution in [-0.4, -0.2) is 12.1 Å². The van der Waals surface area contributed by atoms with Crippen LogP contribution in [0.2, 0.25) is 0 Å². The normalized spacial score (nSPS) is 12.3. The van der Waals surface area contributed by atoms with Crippen molar-refractivity contribution in [1.29, 1.82) is 0 Å². The van der Waals surface area contributed by atoms with Gasteiger partial charge in [-0.25, -0.2) is 4.52 Å². The highest BCUT2D eigenvalue weighted by Crippen LogP contribution is 2.32. The van der Waals surface area contributed by atoms with Gasteiger partial charge in [-0.2, -0.15) is 0 Å². The zero-order valence-corrected chi connectivity index (χ0v) is 9.74. The van der Waals surface area contributed by atoms with E-state index in [9.17, 15) is 4.57 Å². The number of para-hydroxylation sites is 1. The molecule has 0 radical (unpaired) electrons. The van der Waals surface area contributed by atoms with Crippen LogP contribution in [0.4, 0.5) is 0 Å². The third-order valence-corrected chi connectivity index (χ3v) is 2.74. The molecule has 0 saturated heterocycles. The Balaban J connectivity index is 2.51. The topological polar surface area (TPSA) is 61.5 Å². The van der Waals surface area contributed by atoms with Gasteiger partial charge in [-0.1, -0.05) is 18.2 Å². The molecule has 0 bridgehead atoms. The highest BCUT2D eigenvalue weighted by molar-refractivity contribution is 7.33. The summed E-state index contributed by atoms with van der Waals surface area (Å²) in [6.45, 7) is 3.80. The van der Waals surface area contributed by atoms with Crippen molar-refractivity contribution in [3.8, 4) is 5.75 Å². The van der Waals surface area contributed by atoms with E-state index in [-0.39, 0.29) is 6.54 Å². The summed E-state index contributed by atoms with van der Waals surface area (Å²) in [4.78, 5) is 0. The molecule has 1 aromatic carbocycles. The molecule has 1 aromatic rings. The first-order chi connectivity index (χ1) is 7.03. The molecule has 5 heteroatoms. The number of hydrogen-bond donors (Lipinski definition) is 1. The number of rotatable bonds is 5. The Morgan fingerprint density at radius 2 is 1.93 bits per heavy atom. The van der Waals surface area contributed by atoms with Gasteiger partial charge < -0.3 is 5.73 Å². The zero-order valence-electron chi connectivity index (χ0n) is 8.84. The van der Waals surface area contributed by atoms with Gasteiger partial charge in [-0.15, -0.1) is 4.52 Å². The van der Waals surface area contributed by atoms with E-state index in [4.69, 9.17) is 14.8 Å². The molecular formula is C10H15NO3P+. The fourth-order valence-electron chi connectivity index (χ4n) is 0.825. The Hall–Kier alpha value is -0.960. The smallest absolute Gasteiger partial charge is 0.328 e. The Bertz CT molecular complexity index is 327. The van der Waals surface area contributed by atoms with Crippen LogP contribution in [0.15, 0.2) is 30.3 Å². The minimum atomic E-state index is -2.18. The molecule has 0 amide bonds. The maximum atomic E-state index is 11.4. The summed E-state index contributed by atoms with van der Waals surface area (Å²) < 4.78 is 21.7. The lowest BCUT2D eigenvalue weighted by Gasteiger charge is -2.12. The van der Waals surface area contributed by atoms with E-state index in [1.807, 2.05) is 6.07 Å². The van der Waals surface area contributed by atoms with Crippen LogP contribution in [0, 0.1) is 0 Å². The van der Waals surface area contributed by atoms with E-state index in [0.29, 0.717) is 5.75 Å². The molecule has 0 aliphatic rings. The first-order valence-electron chi connectivity index (χ1n) is 4.63. The van der Waals surface area contributed by atoms with Crippen LogP contribution in [0.25, 0.3) is 0 Å². The van der Waals surface area contributed by atoms with E-state index >= 15 is 0 Å². The SMILES string of the molecule is CC(C)(CN)O[P+](=O)Oc1ccccc1. The third kappa shape index (κ3) is 4.38. The summed E-state index contributed by atoms with van der Waals surface area (Å²) in [6, 6.07) is 8.88. The van der Waals surface area contributed by atoms with Gasteiger partial charge in [-0.3, -0.25) is 0 Å². The van der Waals surface area contributed by atoms with E-state index in [1.165, 1.54) is 0 Å². The molecule has 0 heterocycles. The van der Waals surface area contributed by atoms with E-state index in [1.54, 1.807) is 38.1 Å². The lowest BCUT2D eigenvalue weighted by atomic mass is 10.1. The molecule has 1 atom stereocenters. The third-order valence-electron chi connectivity index (χ3n) is 1.74. The zero-order chi connectivity index (χ0) is 11.3. The van der Waals surface area contributed by atoms with Crippen LogP contribution in [0.3, 0.4) is 0 Å². The second kappa shape index (κ2) is 5.21. The van der Waals surface area contributed by atoms with Crippen molar-refractivity contribution in [3.63, 3.8) is 0 Å². The van der Waals surface area contributed by atoms with Gasteiger partial charge in [0.2, 0.25) is 0 Å². The molecule has 82 valence electrons. The molecule has 4 nitrogen and oxygen atoms in total. The van der Waals surface area contributed by atoms with E-state index in [2.05, 4.69) is 0 Å². The van der Waals surface area contributed by atoms with Crippen molar-refractivity contribution in [2.45, 2.75) is 19.4 Å². The first-order valence-corrected chi connectivity index (χ1v) is 5.72. The van der Waals surface area contributed by atoms with Gasteiger partial charge in [0.15, 0.2) is 5.75 Å². The van der Waals surface area contributed by atoms with Gasteiger partial charge in [0.25, 0.3) is 0 Å². The molecule has 0 aromatic heterocycles. The fraction of sp³-hybridized carbons (Fsp3) is 0.400. The number of hydrogen-bond acceptors (Lipinski definition) is 4. The second-order valence-corrected chi connectivity index (χ2v) is 4.50. The van der Waals surface area contributed by atoms with Crippen LogP contribution in [-0.2, 0) is 9.09 Å². The van der Waals surface area contributed by atoms with Crippen molar-refractivity contribution >= 4 is 8.25 Å². The van der Waals surface area contributed by atoms with Gasteiger partial charge in [0.1, 0.15) is 5.60 Å². The molecule has 0 spiro atoms. The second-order valence-electron chi connectivity index (χ2n) is 3.68. The number of benzene rings is 1. The summed E-state index contributed by atoms with van der Waals surface area (Å²) in [7, 11) is -2.18. The molecule has 2 N–H and O–H groups in total. The monoisotopic (exact) mass is 228 g/mol. The lowest BCUT2D eigenvalue weighted by molar-refractivity contribution is 0.114. The van der Waals surface area contributed by atoms with Crippen LogP contribution >= 0.6 is 8.25 Å². The minimum absolute atomic E-state index is 0.284. The van der Waals surface area contributed by atoms with Crippen molar-refractivity contribution in [2.24, 2.45) is 5.73 Å². The van der Waals surface area contributed by atoms with Gasteiger partial charge in [0, 0.05) is 11.1 Å². The summed E-state index contributed by atoms with van der Waals surface area (Å²) in [5, 5.41) is 0. The maximum absolute atomic E-state index is 11.4.